The van der Waals surface area contributed by atoms with Crippen molar-refractivity contribution < 1.29 is 8.42 Å². The van der Waals surface area contributed by atoms with Crippen molar-refractivity contribution in [2.24, 2.45) is 0 Å². The van der Waals surface area contributed by atoms with Crippen molar-refractivity contribution in [2.45, 2.75) is 11.8 Å². The molecule has 3 rings (SSSR count). The lowest BCUT2D eigenvalue weighted by Crippen LogP contribution is -2.14. The van der Waals surface area contributed by atoms with Crippen LogP contribution in [0.25, 0.3) is 0 Å². The van der Waals surface area contributed by atoms with Crippen LogP contribution in [0.3, 0.4) is 0 Å². The lowest BCUT2D eigenvalue weighted by molar-refractivity contribution is 0.601. The lowest BCUT2D eigenvalue weighted by atomic mass is 10.1. The molecular formula is C21H17NO2S. The molecule has 0 bridgehead atoms. The third-order valence-electron chi connectivity index (χ3n) is 3.57. The Balaban J connectivity index is 2.01. The number of sulfonamides is 1. The van der Waals surface area contributed by atoms with Crippen LogP contribution in [-0.4, -0.2) is 8.42 Å². The zero-order valence-corrected chi connectivity index (χ0v) is 14.5. The van der Waals surface area contributed by atoms with Gasteiger partial charge in [-0.2, -0.15) is 0 Å². The van der Waals surface area contributed by atoms with Crippen LogP contribution in [-0.2, 0) is 10.0 Å². The summed E-state index contributed by atoms with van der Waals surface area (Å²) in [5.74, 6) is 6.02. The first-order valence-electron chi connectivity index (χ1n) is 7.80. The Bertz CT molecular complexity index is 1030. The van der Waals surface area contributed by atoms with Gasteiger partial charge in [0.2, 0.25) is 0 Å². The predicted octanol–water partition coefficient (Wildman–Crippen LogP) is 4.20. The Morgan fingerprint density at radius 3 is 2.12 bits per heavy atom. The SMILES string of the molecule is Cc1ccc(S(=O)(=O)Nc2ccccc2)c(C#Cc2ccccc2)c1. The smallest absolute Gasteiger partial charge is 0.263 e. The van der Waals surface area contributed by atoms with Gasteiger partial charge in [-0.3, -0.25) is 4.72 Å². The quantitative estimate of drug-likeness (QED) is 0.722. The minimum atomic E-state index is -3.72. The van der Waals surface area contributed by atoms with Crippen molar-refractivity contribution in [1.29, 1.82) is 0 Å². The van der Waals surface area contributed by atoms with E-state index in [2.05, 4.69) is 16.6 Å². The Morgan fingerprint density at radius 1 is 0.800 bits per heavy atom. The summed E-state index contributed by atoms with van der Waals surface area (Å²) in [6.07, 6.45) is 0. The normalized spacial score (nSPS) is 10.6. The molecule has 0 aromatic heterocycles. The third-order valence-corrected chi connectivity index (χ3v) is 5.01. The largest absolute Gasteiger partial charge is 0.280 e. The second kappa shape index (κ2) is 7.25. The van der Waals surface area contributed by atoms with E-state index in [1.165, 1.54) is 0 Å². The van der Waals surface area contributed by atoms with Gasteiger partial charge in [0.1, 0.15) is 4.90 Å². The summed E-state index contributed by atoms with van der Waals surface area (Å²) in [6, 6.07) is 23.5. The van der Waals surface area contributed by atoms with Crippen LogP contribution >= 0.6 is 0 Å². The number of aryl methyl sites for hydroxylation is 1. The van der Waals surface area contributed by atoms with Gasteiger partial charge in [0.05, 0.1) is 0 Å². The summed E-state index contributed by atoms with van der Waals surface area (Å²) in [6.45, 7) is 1.91. The summed E-state index contributed by atoms with van der Waals surface area (Å²) in [5.41, 5.74) is 2.79. The molecule has 0 amide bonds. The number of hydrogen-bond acceptors (Lipinski definition) is 2. The molecule has 0 heterocycles. The molecular weight excluding hydrogens is 330 g/mol. The van der Waals surface area contributed by atoms with Gasteiger partial charge in [0, 0.05) is 16.8 Å². The van der Waals surface area contributed by atoms with Gasteiger partial charge in [0.25, 0.3) is 10.0 Å². The van der Waals surface area contributed by atoms with E-state index in [-0.39, 0.29) is 4.90 Å². The highest BCUT2D eigenvalue weighted by Gasteiger charge is 2.18. The van der Waals surface area contributed by atoms with Gasteiger partial charge in [-0.05, 0) is 48.9 Å². The average molecular weight is 347 g/mol. The summed E-state index contributed by atoms with van der Waals surface area (Å²) in [7, 11) is -3.72. The standard InChI is InChI=1S/C21H17NO2S/c1-17-12-15-21(25(23,24)22-20-10-6-3-7-11-20)19(16-17)14-13-18-8-4-2-5-9-18/h2-12,15-16,22H,1H3. The van der Waals surface area contributed by atoms with Crippen molar-refractivity contribution >= 4 is 15.7 Å². The minimum Gasteiger partial charge on any atom is -0.280 e. The van der Waals surface area contributed by atoms with E-state index in [0.29, 0.717) is 11.3 Å². The van der Waals surface area contributed by atoms with Crippen LogP contribution in [0.5, 0.6) is 0 Å². The number of benzene rings is 3. The molecule has 3 nitrogen and oxygen atoms in total. The zero-order valence-electron chi connectivity index (χ0n) is 13.7. The highest BCUT2D eigenvalue weighted by Crippen LogP contribution is 2.20. The number of rotatable bonds is 3. The van der Waals surface area contributed by atoms with Gasteiger partial charge in [0.15, 0.2) is 0 Å². The highest BCUT2D eigenvalue weighted by atomic mass is 32.2. The Kier molecular flexibility index (Phi) is 4.87. The fourth-order valence-electron chi connectivity index (χ4n) is 2.35. The van der Waals surface area contributed by atoms with Crippen molar-refractivity contribution in [2.75, 3.05) is 4.72 Å². The molecule has 3 aromatic carbocycles. The van der Waals surface area contributed by atoms with Gasteiger partial charge in [-0.25, -0.2) is 8.42 Å². The molecule has 3 aromatic rings. The molecule has 0 radical (unpaired) electrons. The highest BCUT2D eigenvalue weighted by molar-refractivity contribution is 7.92. The number of para-hydroxylation sites is 1. The van der Waals surface area contributed by atoms with Gasteiger partial charge >= 0.3 is 0 Å². The molecule has 1 N–H and O–H groups in total. The number of anilines is 1. The average Bonchev–Trinajstić information content (AvgIpc) is 2.61. The minimum absolute atomic E-state index is 0.172. The summed E-state index contributed by atoms with van der Waals surface area (Å²) < 4.78 is 28.1. The van der Waals surface area contributed by atoms with Gasteiger partial charge in [-0.1, -0.05) is 54.3 Å². The first-order chi connectivity index (χ1) is 12.0. The van der Waals surface area contributed by atoms with Crippen LogP contribution in [0.1, 0.15) is 16.7 Å². The molecule has 0 fully saturated rings. The molecule has 0 unspecified atom stereocenters. The van der Waals surface area contributed by atoms with Crippen LogP contribution in [0.15, 0.2) is 83.8 Å². The first kappa shape index (κ1) is 16.8. The summed E-state index contributed by atoms with van der Waals surface area (Å²) >= 11 is 0. The second-order valence-corrected chi connectivity index (χ2v) is 7.24. The third kappa shape index (κ3) is 4.28. The van der Waals surface area contributed by atoms with E-state index in [9.17, 15) is 8.42 Å². The number of hydrogen-bond donors (Lipinski definition) is 1. The molecule has 4 heteroatoms. The van der Waals surface area contributed by atoms with E-state index in [1.54, 1.807) is 42.5 Å². The van der Waals surface area contributed by atoms with Crippen LogP contribution in [0.4, 0.5) is 5.69 Å². The van der Waals surface area contributed by atoms with E-state index in [1.807, 2.05) is 43.3 Å². The molecule has 0 saturated carbocycles. The maximum atomic E-state index is 12.8. The maximum Gasteiger partial charge on any atom is 0.263 e. The van der Waals surface area contributed by atoms with Crippen LogP contribution < -0.4 is 4.72 Å². The molecule has 0 aliphatic heterocycles. The summed E-state index contributed by atoms with van der Waals surface area (Å²) in [5, 5.41) is 0. The molecule has 25 heavy (non-hydrogen) atoms. The predicted molar refractivity (Wildman–Crippen MR) is 101 cm³/mol. The topological polar surface area (TPSA) is 46.2 Å². The van der Waals surface area contributed by atoms with E-state index in [4.69, 9.17) is 0 Å². The zero-order chi connectivity index (χ0) is 17.7. The van der Waals surface area contributed by atoms with E-state index >= 15 is 0 Å². The van der Waals surface area contributed by atoms with Gasteiger partial charge in [-0.15, -0.1) is 0 Å². The van der Waals surface area contributed by atoms with E-state index < -0.39 is 10.0 Å². The van der Waals surface area contributed by atoms with Crippen molar-refractivity contribution in [3.63, 3.8) is 0 Å². The van der Waals surface area contributed by atoms with E-state index in [0.717, 1.165) is 11.1 Å². The lowest BCUT2D eigenvalue weighted by Gasteiger charge is -2.10. The van der Waals surface area contributed by atoms with Crippen molar-refractivity contribution in [3.8, 4) is 11.8 Å². The Morgan fingerprint density at radius 2 is 1.44 bits per heavy atom. The van der Waals surface area contributed by atoms with Crippen LogP contribution in [0.2, 0.25) is 0 Å². The Hall–Kier alpha value is -3.03. The monoisotopic (exact) mass is 347 g/mol. The molecule has 0 aliphatic carbocycles. The van der Waals surface area contributed by atoms with Crippen molar-refractivity contribution in [1.82, 2.24) is 0 Å². The molecule has 0 aliphatic rings. The molecule has 124 valence electrons. The van der Waals surface area contributed by atoms with Crippen molar-refractivity contribution in [3.05, 3.63) is 95.6 Å². The molecule has 0 atom stereocenters. The first-order valence-corrected chi connectivity index (χ1v) is 9.28. The van der Waals surface area contributed by atoms with Crippen LogP contribution in [0, 0.1) is 18.8 Å². The fourth-order valence-corrected chi connectivity index (χ4v) is 3.56. The summed E-state index contributed by atoms with van der Waals surface area (Å²) in [4.78, 5) is 0.172. The molecule has 0 spiro atoms. The second-order valence-electron chi connectivity index (χ2n) is 5.59. The number of nitrogens with one attached hydrogen (secondary N) is 1. The Labute approximate surface area is 148 Å². The maximum absolute atomic E-state index is 12.8. The fraction of sp³-hybridized carbons (Fsp3) is 0.0476. The molecule has 0 saturated heterocycles. The van der Waals surface area contributed by atoms with Gasteiger partial charge < -0.3 is 0 Å².